The van der Waals surface area contributed by atoms with Gasteiger partial charge in [-0.1, -0.05) is 87.5 Å². The van der Waals surface area contributed by atoms with Crippen molar-refractivity contribution in [2.24, 2.45) is 22.7 Å². The summed E-state index contributed by atoms with van der Waals surface area (Å²) in [4.78, 5) is 54.5. The number of fused-ring (bicyclic) bond motifs is 5. The maximum absolute atomic E-state index is 14.2. The number of hydrogen-bond donors (Lipinski definition) is 5. The molecule has 0 aromatic heterocycles. The number of carbonyl (C=O) groups excluding carboxylic acids is 4. The van der Waals surface area contributed by atoms with Gasteiger partial charge >= 0.3 is 17.9 Å². The molecule has 3 fully saturated rings. The van der Waals surface area contributed by atoms with Crippen molar-refractivity contribution in [1.29, 1.82) is 0 Å². The van der Waals surface area contributed by atoms with Crippen LogP contribution in [0.25, 0.3) is 0 Å². The van der Waals surface area contributed by atoms with E-state index in [1.807, 2.05) is 13.8 Å². The molecule has 1 heterocycles. The largest absolute Gasteiger partial charge is 0.458 e. The number of benzene rings is 3. The van der Waals surface area contributed by atoms with Gasteiger partial charge in [0.05, 0.1) is 36.3 Å². The van der Waals surface area contributed by atoms with Crippen LogP contribution in [0.4, 0.5) is 0 Å². The van der Waals surface area contributed by atoms with Crippen molar-refractivity contribution in [2.45, 2.75) is 102 Å². The summed E-state index contributed by atoms with van der Waals surface area (Å²) >= 11 is 0. The third-order valence-electron chi connectivity index (χ3n) is 13.2. The van der Waals surface area contributed by atoms with E-state index in [1.165, 1.54) is 6.92 Å². The van der Waals surface area contributed by atoms with Crippen LogP contribution in [0, 0.1) is 22.7 Å². The Morgan fingerprint density at radius 2 is 1.41 bits per heavy atom. The van der Waals surface area contributed by atoms with Crippen LogP contribution in [0.15, 0.2) is 102 Å². The molecule has 5 N–H and O–H groups in total. The first-order valence-electron chi connectivity index (χ1n) is 19.6. The van der Waals surface area contributed by atoms with Gasteiger partial charge in [-0.15, -0.1) is 0 Å². The highest BCUT2D eigenvalue weighted by atomic mass is 16.6. The predicted octanol–water partition coefficient (Wildman–Crippen LogP) is 3.84. The molecule has 58 heavy (non-hydrogen) atoms. The Labute approximate surface area is 337 Å². The van der Waals surface area contributed by atoms with E-state index in [-0.39, 0.29) is 25.0 Å². The van der Waals surface area contributed by atoms with Crippen LogP contribution >= 0.6 is 0 Å². The highest BCUT2D eigenvalue weighted by molar-refractivity contribution is 5.95. The number of aliphatic hydroxyl groups is 4. The van der Waals surface area contributed by atoms with E-state index < -0.39 is 101 Å². The van der Waals surface area contributed by atoms with Gasteiger partial charge < -0.3 is 44.7 Å². The van der Waals surface area contributed by atoms with Crippen LogP contribution in [0.1, 0.15) is 79.8 Å². The summed E-state index contributed by atoms with van der Waals surface area (Å²) in [6, 6.07) is 23.9. The Morgan fingerprint density at radius 1 is 0.828 bits per heavy atom. The van der Waals surface area contributed by atoms with Gasteiger partial charge in [0.15, 0.2) is 11.7 Å². The molecule has 12 atom stereocenters. The highest BCUT2D eigenvalue weighted by Gasteiger charge is 2.75. The van der Waals surface area contributed by atoms with Crippen molar-refractivity contribution >= 4 is 23.8 Å². The molecule has 1 aliphatic heterocycles. The lowest BCUT2D eigenvalue weighted by Crippen LogP contribution is -2.80. The number of hydrogen-bond acceptors (Lipinski definition) is 12. The van der Waals surface area contributed by atoms with Crippen LogP contribution in [0.3, 0.4) is 0 Å². The quantitative estimate of drug-likeness (QED) is 0.119. The maximum Gasteiger partial charge on any atom is 0.338 e. The van der Waals surface area contributed by atoms with Crippen molar-refractivity contribution in [3.8, 4) is 0 Å². The molecule has 3 aliphatic carbocycles. The number of aliphatic hydroxyl groups excluding tert-OH is 4. The van der Waals surface area contributed by atoms with Gasteiger partial charge in [0.25, 0.3) is 5.91 Å². The lowest BCUT2D eigenvalue weighted by Gasteiger charge is -2.67. The van der Waals surface area contributed by atoms with Crippen molar-refractivity contribution in [1.82, 2.24) is 5.32 Å². The molecule has 1 amide bonds. The Morgan fingerprint density at radius 3 is 1.98 bits per heavy atom. The maximum atomic E-state index is 14.2. The third-order valence-corrected chi connectivity index (χ3v) is 13.2. The first kappa shape index (κ1) is 41.2. The second-order valence-electron chi connectivity index (χ2n) is 16.8. The lowest BCUT2D eigenvalue weighted by molar-refractivity contribution is -0.354. The van der Waals surface area contributed by atoms with Crippen molar-refractivity contribution in [2.75, 3.05) is 6.61 Å². The summed E-state index contributed by atoms with van der Waals surface area (Å²) in [5.74, 6) is -4.90. The minimum atomic E-state index is -1.90. The highest BCUT2D eigenvalue weighted by Crippen LogP contribution is 2.64. The Bertz CT molecular complexity index is 2060. The number of carbonyl (C=O) groups is 4. The zero-order valence-corrected chi connectivity index (χ0v) is 33.1. The third kappa shape index (κ3) is 6.92. The van der Waals surface area contributed by atoms with Crippen LogP contribution < -0.4 is 5.32 Å². The van der Waals surface area contributed by atoms with E-state index in [1.54, 1.807) is 105 Å². The van der Waals surface area contributed by atoms with E-state index in [9.17, 15) is 39.6 Å². The SMILES string of the molecule is CC(=O)O[C@@]12CO[C@@H]1C[C@H](O)[C@]1(C)[C@@H]2[C@H](OC(=O)c2ccccc2)[C@@H]2C[C@H](OC(=O)[C@H](O)[C@@H](NC(=O)c3ccccc3)c3ccccc3)C(C)=C([C@@H](O)[C@@H]1O)C2(C)C. The fourth-order valence-electron chi connectivity index (χ4n) is 10.2. The summed E-state index contributed by atoms with van der Waals surface area (Å²) in [5, 5.41) is 51.1. The van der Waals surface area contributed by atoms with E-state index in [2.05, 4.69) is 5.32 Å². The second kappa shape index (κ2) is 15.7. The van der Waals surface area contributed by atoms with Crippen LogP contribution in [-0.2, 0) is 28.5 Å². The molecule has 1 saturated heterocycles. The molecular weight excluding hydrogens is 746 g/mol. The summed E-state index contributed by atoms with van der Waals surface area (Å²) in [5.41, 5.74) is -2.48. The van der Waals surface area contributed by atoms with Crippen LogP contribution in [-0.4, -0.2) is 99.2 Å². The molecule has 0 radical (unpaired) electrons. The zero-order valence-electron chi connectivity index (χ0n) is 33.1. The first-order valence-corrected chi connectivity index (χ1v) is 19.6. The number of esters is 3. The van der Waals surface area contributed by atoms with Gasteiger partial charge in [-0.3, -0.25) is 9.59 Å². The molecule has 308 valence electrons. The van der Waals surface area contributed by atoms with Crippen LogP contribution in [0.2, 0.25) is 0 Å². The van der Waals surface area contributed by atoms with Gasteiger partial charge in [0.2, 0.25) is 0 Å². The molecule has 3 aromatic rings. The summed E-state index contributed by atoms with van der Waals surface area (Å²) in [7, 11) is 0. The number of rotatable bonds is 9. The molecule has 13 nitrogen and oxygen atoms in total. The van der Waals surface area contributed by atoms with E-state index in [4.69, 9.17) is 18.9 Å². The Hall–Kier alpha value is -4.92. The van der Waals surface area contributed by atoms with Gasteiger partial charge in [-0.25, -0.2) is 9.59 Å². The fourth-order valence-corrected chi connectivity index (χ4v) is 10.2. The monoisotopic (exact) mass is 797 g/mol. The Balaban J connectivity index is 1.31. The molecule has 7 rings (SSSR count). The molecule has 2 saturated carbocycles. The minimum absolute atomic E-state index is 0.00687. The summed E-state index contributed by atoms with van der Waals surface area (Å²) < 4.78 is 24.7. The second-order valence-corrected chi connectivity index (χ2v) is 16.8. The summed E-state index contributed by atoms with van der Waals surface area (Å²) in [6.45, 7) is 8.06. The number of ether oxygens (including phenoxy) is 4. The molecule has 2 bridgehead atoms. The van der Waals surface area contributed by atoms with Gasteiger partial charge in [0, 0.05) is 30.2 Å². The fraction of sp³-hybridized carbons (Fsp3) is 0.467. The number of amides is 1. The Kier molecular flexibility index (Phi) is 11.2. The lowest BCUT2D eigenvalue weighted by atomic mass is 9.45. The van der Waals surface area contributed by atoms with Crippen LogP contribution in [0.5, 0.6) is 0 Å². The zero-order chi connectivity index (χ0) is 41.7. The normalized spacial score (nSPS) is 33.3. The van der Waals surface area contributed by atoms with Crippen molar-refractivity contribution < 1.29 is 58.6 Å². The van der Waals surface area contributed by atoms with E-state index in [0.29, 0.717) is 22.3 Å². The van der Waals surface area contributed by atoms with Crippen molar-refractivity contribution in [3.63, 3.8) is 0 Å². The predicted molar refractivity (Wildman–Crippen MR) is 208 cm³/mol. The first-order chi connectivity index (χ1) is 27.5. The van der Waals surface area contributed by atoms with Crippen molar-refractivity contribution in [3.05, 3.63) is 119 Å². The molecule has 0 spiro atoms. The minimum Gasteiger partial charge on any atom is -0.458 e. The molecule has 13 heteroatoms. The molecule has 4 aliphatic rings. The van der Waals surface area contributed by atoms with E-state index >= 15 is 0 Å². The smallest absolute Gasteiger partial charge is 0.338 e. The van der Waals surface area contributed by atoms with Gasteiger partial charge in [-0.05, 0) is 59.7 Å². The molecule has 0 unspecified atom stereocenters. The molecular formula is C45H51NO12. The van der Waals surface area contributed by atoms with E-state index in [0.717, 1.165) is 0 Å². The van der Waals surface area contributed by atoms with Gasteiger partial charge in [0.1, 0.15) is 24.4 Å². The average molecular weight is 798 g/mol. The average Bonchev–Trinajstić information content (AvgIpc) is 3.20. The van der Waals surface area contributed by atoms with Gasteiger partial charge in [-0.2, -0.15) is 0 Å². The molecule has 3 aromatic carbocycles. The summed E-state index contributed by atoms with van der Waals surface area (Å²) in [6.07, 6.45) is -9.76. The number of nitrogens with one attached hydrogen (secondary N) is 1. The standard InChI is InChI=1S/C45H51NO12/c1-24-30(56-42(54)36(50)34(26-15-9-6-10-16-26)46-40(52)27-17-11-7-12-18-27)21-29-37(57-41(53)28-19-13-8-14-20-28)38-44(5,39(51)35(49)33(24)43(29,3)4)31(48)22-32-45(38,23-55-32)58-25(2)47/h6-20,29-32,34-39,48-51H,21-23H2,1-5H3,(H,46,52)/t29-,30-,31-,32+,34-,35+,36+,37+,38-,39-,44+,45-/m0/s1. The topological polar surface area (TPSA) is 198 Å².